The number of hydrogen-bond acceptors (Lipinski definition) is 4. The summed E-state index contributed by atoms with van der Waals surface area (Å²) in [5.74, 6) is 0.507. The lowest BCUT2D eigenvalue weighted by Crippen LogP contribution is -2.43. The van der Waals surface area contributed by atoms with Gasteiger partial charge >= 0.3 is 6.03 Å². The summed E-state index contributed by atoms with van der Waals surface area (Å²) >= 11 is 0. The Balaban J connectivity index is 1.13. The standard InChI is InChI=1S/C26H23N3O4/c30-24(29-14-12-18-6-1-2-9-21(18)29)19-7-5-8-20(16-19)27-25(31)28-15-13-26(17-28)32-22-10-3-4-11-23(22)33-26/h1-11,16H,12-15,17H2,(H,27,31). The highest BCUT2D eigenvalue weighted by Crippen LogP contribution is 2.43. The van der Waals surface area contributed by atoms with Crippen LogP contribution in [0, 0.1) is 0 Å². The third kappa shape index (κ3) is 3.46. The monoisotopic (exact) mass is 441 g/mol. The Kier molecular flexibility index (Phi) is 4.50. The quantitative estimate of drug-likeness (QED) is 0.644. The smallest absolute Gasteiger partial charge is 0.322 e. The lowest BCUT2D eigenvalue weighted by molar-refractivity contribution is -0.0647. The van der Waals surface area contributed by atoms with Crippen LogP contribution in [-0.2, 0) is 6.42 Å². The highest BCUT2D eigenvalue weighted by molar-refractivity contribution is 6.08. The minimum atomic E-state index is -0.831. The molecule has 3 aliphatic heterocycles. The Bertz CT molecular complexity index is 1230. The van der Waals surface area contributed by atoms with E-state index >= 15 is 0 Å². The first-order valence-corrected chi connectivity index (χ1v) is 11.1. The average molecular weight is 441 g/mol. The van der Waals surface area contributed by atoms with Crippen molar-refractivity contribution in [2.75, 3.05) is 29.9 Å². The fourth-order valence-electron chi connectivity index (χ4n) is 4.77. The molecule has 0 unspecified atom stereocenters. The van der Waals surface area contributed by atoms with E-state index in [1.807, 2.05) is 42.5 Å². The number of para-hydroxylation sites is 3. The van der Waals surface area contributed by atoms with Crippen LogP contribution in [0.2, 0.25) is 0 Å². The molecular formula is C26H23N3O4. The molecule has 0 atom stereocenters. The molecule has 3 aliphatic rings. The van der Waals surface area contributed by atoms with Gasteiger partial charge in [0.1, 0.15) is 0 Å². The van der Waals surface area contributed by atoms with Crippen molar-refractivity contribution in [3.8, 4) is 11.5 Å². The maximum Gasteiger partial charge on any atom is 0.322 e. The van der Waals surface area contributed by atoms with Gasteiger partial charge < -0.3 is 24.6 Å². The molecule has 3 amide bonds. The number of carbonyl (C=O) groups is 2. The van der Waals surface area contributed by atoms with Crippen LogP contribution in [0.1, 0.15) is 22.3 Å². The van der Waals surface area contributed by atoms with Gasteiger partial charge in [-0.3, -0.25) is 4.79 Å². The van der Waals surface area contributed by atoms with Crippen LogP contribution in [0.3, 0.4) is 0 Å². The molecule has 7 heteroatoms. The van der Waals surface area contributed by atoms with Gasteiger partial charge in [0.05, 0.1) is 6.54 Å². The summed E-state index contributed by atoms with van der Waals surface area (Å²) < 4.78 is 12.1. The van der Waals surface area contributed by atoms with Crippen molar-refractivity contribution in [1.82, 2.24) is 4.90 Å². The fourth-order valence-corrected chi connectivity index (χ4v) is 4.77. The second kappa shape index (κ2) is 7.55. The fraction of sp³-hybridized carbons (Fsp3) is 0.231. The van der Waals surface area contributed by atoms with Crippen molar-refractivity contribution in [3.63, 3.8) is 0 Å². The third-order valence-electron chi connectivity index (χ3n) is 6.42. The van der Waals surface area contributed by atoms with E-state index in [0.717, 1.165) is 12.1 Å². The summed E-state index contributed by atoms with van der Waals surface area (Å²) in [5.41, 5.74) is 3.25. The van der Waals surface area contributed by atoms with Crippen LogP contribution in [0.15, 0.2) is 72.8 Å². The lowest BCUT2D eigenvalue weighted by atomic mass is 10.1. The minimum Gasteiger partial charge on any atom is -0.447 e. The van der Waals surface area contributed by atoms with Crippen LogP contribution in [0.4, 0.5) is 16.2 Å². The van der Waals surface area contributed by atoms with Crippen molar-refractivity contribution >= 4 is 23.3 Å². The Morgan fingerprint density at radius 3 is 2.45 bits per heavy atom. The molecule has 166 valence electrons. The van der Waals surface area contributed by atoms with E-state index in [0.29, 0.717) is 48.8 Å². The number of ether oxygens (including phenoxy) is 2. The van der Waals surface area contributed by atoms with Gasteiger partial charge in [-0.05, 0) is 48.4 Å². The van der Waals surface area contributed by atoms with E-state index in [9.17, 15) is 9.59 Å². The normalized spacial score (nSPS) is 17.3. The zero-order valence-corrected chi connectivity index (χ0v) is 18.0. The number of fused-ring (bicyclic) bond motifs is 2. The molecule has 7 nitrogen and oxygen atoms in total. The number of urea groups is 1. The number of nitrogens with one attached hydrogen (secondary N) is 1. The highest BCUT2D eigenvalue weighted by atomic mass is 16.7. The molecule has 3 aromatic rings. The first-order chi connectivity index (χ1) is 16.1. The molecule has 0 bridgehead atoms. The van der Waals surface area contributed by atoms with Crippen LogP contribution >= 0.6 is 0 Å². The van der Waals surface area contributed by atoms with Gasteiger partial charge in [-0.15, -0.1) is 0 Å². The van der Waals surface area contributed by atoms with Gasteiger partial charge in [0, 0.05) is 36.4 Å². The van der Waals surface area contributed by atoms with Gasteiger partial charge in [0.2, 0.25) is 0 Å². The highest BCUT2D eigenvalue weighted by Gasteiger charge is 2.48. The number of amides is 3. The summed E-state index contributed by atoms with van der Waals surface area (Å²) in [6, 6.07) is 22.3. The first kappa shape index (κ1) is 19.7. The number of nitrogens with zero attached hydrogens (tertiary/aromatic N) is 2. The van der Waals surface area contributed by atoms with Crippen LogP contribution < -0.4 is 19.7 Å². The largest absolute Gasteiger partial charge is 0.447 e. The maximum atomic E-state index is 13.2. The predicted octanol–water partition coefficient (Wildman–Crippen LogP) is 4.29. The molecule has 3 aromatic carbocycles. The van der Waals surface area contributed by atoms with Crippen molar-refractivity contribution < 1.29 is 19.1 Å². The van der Waals surface area contributed by atoms with Crippen molar-refractivity contribution in [1.29, 1.82) is 0 Å². The number of likely N-dealkylation sites (tertiary alicyclic amines) is 1. The summed E-state index contributed by atoms with van der Waals surface area (Å²) in [7, 11) is 0. The number of carbonyl (C=O) groups excluding carboxylic acids is 2. The maximum absolute atomic E-state index is 13.2. The average Bonchev–Trinajstić information content (AvgIpc) is 3.55. The van der Waals surface area contributed by atoms with E-state index in [-0.39, 0.29) is 11.9 Å². The SMILES string of the molecule is O=C(Nc1cccc(C(=O)N2CCc3ccccc32)c1)N1CCC2(C1)Oc1ccccc1O2. The molecular weight excluding hydrogens is 418 g/mol. The Hall–Kier alpha value is -4.00. The second-order valence-corrected chi connectivity index (χ2v) is 8.58. The van der Waals surface area contributed by atoms with E-state index in [4.69, 9.17) is 9.47 Å². The summed E-state index contributed by atoms with van der Waals surface area (Å²) in [6.45, 7) is 1.51. The zero-order chi connectivity index (χ0) is 22.4. The Morgan fingerprint density at radius 1 is 0.879 bits per heavy atom. The van der Waals surface area contributed by atoms with Crippen molar-refractivity contribution in [2.45, 2.75) is 18.6 Å². The van der Waals surface area contributed by atoms with Gasteiger partial charge in [-0.1, -0.05) is 36.4 Å². The zero-order valence-electron chi connectivity index (χ0n) is 18.0. The van der Waals surface area contributed by atoms with E-state index in [2.05, 4.69) is 11.4 Å². The number of benzene rings is 3. The van der Waals surface area contributed by atoms with Gasteiger partial charge in [-0.25, -0.2) is 4.79 Å². The van der Waals surface area contributed by atoms with Gasteiger partial charge in [-0.2, -0.15) is 0 Å². The molecule has 1 saturated heterocycles. The Morgan fingerprint density at radius 2 is 1.64 bits per heavy atom. The molecule has 0 aliphatic carbocycles. The predicted molar refractivity (Wildman–Crippen MR) is 124 cm³/mol. The van der Waals surface area contributed by atoms with Crippen LogP contribution in [0.5, 0.6) is 11.5 Å². The number of anilines is 2. The molecule has 3 heterocycles. The molecule has 0 aromatic heterocycles. The first-order valence-electron chi connectivity index (χ1n) is 11.1. The third-order valence-corrected chi connectivity index (χ3v) is 6.42. The summed E-state index contributed by atoms with van der Waals surface area (Å²) in [4.78, 5) is 29.6. The lowest BCUT2D eigenvalue weighted by Gasteiger charge is -2.23. The molecule has 33 heavy (non-hydrogen) atoms. The molecule has 6 rings (SSSR count). The topological polar surface area (TPSA) is 71.1 Å². The van der Waals surface area contributed by atoms with Crippen molar-refractivity contribution in [3.05, 3.63) is 83.9 Å². The van der Waals surface area contributed by atoms with Crippen LogP contribution in [-0.4, -0.2) is 42.3 Å². The Labute approximate surface area is 191 Å². The summed E-state index contributed by atoms with van der Waals surface area (Å²) in [6.07, 6.45) is 1.44. The minimum absolute atomic E-state index is 0.0679. The molecule has 1 spiro atoms. The molecule has 0 radical (unpaired) electrons. The number of hydrogen-bond donors (Lipinski definition) is 1. The second-order valence-electron chi connectivity index (χ2n) is 8.58. The van der Waals surface area contributed by atoms with Crippen molar-refractivity contribution in [2.24, 2.45) is 0 Å². The van der Waals surface area contributed by atoms with Crippen LogP contribution in [0.25, 0.3) is 0 Å². The molecule has 0 saturated carbocycles. The van der Waals surface area contributed by atoms with Gasteiger partial charge in [0.25, 0.3) is 11.7 Å². The van der Waals surface area contributed by atoms with E-state index in [1.165, 1.54) is 5.56 Å². The van der Waals surface area contributed by atoms with Gasteiger partial charge in [0.15, 0.2) is 11.5 Å². The van der Waals surface area contributed by atoms with E-state index in [1.54, 1.807) is 34.1 Å². The summed E-state index contributed by atoms with van der Waals surface area (Å²) in [5, 5.41) is 2.92. The van der Waals surface area contributed by atoms with E-state index < -0.39 is 5.79 Å². The molecule has 1 N–H and O–H groups in total. The number of rotatable bonds is 2. The molecule has 1 fully saturated rings.